The minimum atomic E-state index is -3.65. The second-order valence-corrected chi connectivity index (χ2v) is 5.58. The Morgan fingerprint density at radius 1 is 1.53 bits per heavy atom. The van der Waals surface area contributed by atoms with Crippen molar-refractivity contribution in [3.63, 3.8) is 0 Å². The Hall–Kier alpha value is -0.660. The molecule has 1 fully saturated rings. The quantitative estimate of drug-likeness (QED) is 0.667. The van der Waals surface area contributed by atoms with Crippen LogP contribution in [-0.2, 0) is 15.0 Å². The summed E-state index contributed by atoms with van der Waals surface area (Å²) in [6, 6.07) is -0.373. The molecule has 1 aliphatic rings. The van der Waals surface area contributed by atoms with E-state index in [0.29, 0.717) is 0 Å². The van der Waals surface area contributed by atoms with E-state index in [4.69, 9.17) is 5.11 Å². The fourth-order valence-corrected chi connectivity index (χ4v) is 2.79. The van der Waals surface area contributed by atoms with E-state index >= 15 is 0 Å². The summed E-state index contributed by atoms with van der Waals surface area (Å²) in [5.41, 5.74) is 0. The Bertz CT molecular complexity index is 335. The zero-order valence-electron chi connectivity index (χ0n) is 8.80. The summed E-state index contributed by atoms with van der Waals surface area (Å²) in [4.78, 5) is 10.5. The fraction of sp³-hybridized carbons (Fsp3) is 0.875. The molecule has 0 unspecified atom stereocenters. The predicted octanol–water partition coefficient (Wildman–Crippen LogP) is -0.222. The Labute approximate surface area is 89.4 Å². The summed E-state index contributed by atoms with van der Waals surface area (Å²) in [5, 5.41) is 8.61. The number of rotatable bonds is 6. The molecule has 88 valence electrons. The first-order valence-corrected chi connectivity index (χ1v) is 6.28. The summed E-state index contributed by atoms with van der Waals surface area (Å²) < 4.78 is 26.8. The molecule has 6 nitrogen and oxygen atoms in total. The van der Waals surface area contributed by atoms with Crippen LogP contribution in [-0.4, -0.2) is 42.4 Å². The van der Waals surface area contributed by atoms with E-state index in [0.717, 1.165) is 17.1 Å². The molecule has 1 aliphatic carbocycles. The molecule has 0 aliphatic heterocycles. The van der Waals surface area contributed by atoms with Gasteiger partial charge < -0.3 is 5.11 Å². The zero-order chi connectivity index (χ0) is 11.6. The summed E-state index contributed by atoms with van der Waals surface area (Å²) in [6.45, 7) is 2.80. The number of hydrogen-bond acceptors (Lipinski definition) is 3. The van der Waals surface area contributed by atoms with Gasteiger partial charge in [0.15, 0.2) is 0 Å². The molecule has 15 heavy (non-hydrogen) atoms. The SMILES string of the molecule is CC(C)N(CC(=O)O)S(=O)(=O)NC1CC1. The number of nitrogens with zero attached hydrogens (tertiary/aromatic N) is 1. The maximum absolute atomic E-state index is 11.7. The molecular formula is C8H16N2O4S. The molecule has 1 rings (SSSR count). The van der Waals surface area contributed by atoms with Gasteiger partial charge in [-0.3, -0.25) is 4.79 Å². The van der Waals surface area contributed by atoms with Crippen molar-refractivity contribution in [2.24, 2.45) is 0 Å². The van der Waals surface area contributed by atoms with E-state index in [2.05, 4.69) is 4.72 Å². The van der Waals surface area contributed by atoms with Crippen LogP contribution in [0.1, 0.15) is 26.7 Å². The average molecular weight is 236 g/mol. The lowest BCUT2D eigenvalue weighted by molar-refractivity contribution is -0.137. The van der Waals surface area contributed by atoms with Gasteiger partial charge in [0, 0.05) is 12.1 Å². The van der Waals surface area contributed by atoms with Crippen molar-refractivity contribution in [2.75, 3.05) is 6.54 Å². The number of aliphatic carboxylic acids is 1. The first-order valence-electron chi connectivity index (χ1n) is 4.84. The van der Waals surface area contributed by atoms with Gasteiger partial charge in [0.05, 0.1) is 0 Å². The molecule has 0 aromatic carbocycles. The largest absolute Gasteiger partial charge is 0.480 e. The third-order valence-electron chi connectivity index (χ3n) is 2.07. The van der Waals surface area contributed by atoms with Crippen molar-refractivity contribution < 1.29 is 18.3 Å². The lowest BCUT2D eigenvalue weighted by Gasteiger charge is -2.24. The monoisotopic (exact) mass is 236 g/mol. The van der Waals surface area contributed by atoms with Crippen molar-refractivity contribution in [2.45, 2.75) is 38.8 Å². The molecule has 0 radical (unpaired) electrons. The molecule has 0 spiro atoms. The van der Waals surface area contributed by atoms with E-state index in [-0.39, 0.29) is 12.1 Å². The second-order valence-electron chi connectivity index (χ2n) is 3.93. The van der Waals surface area contributed by atoms with Gasteiger partial charge in [0.1, 0.15) is 6.54 Å². The molecule has 1 saturated carbocycles. The van der Waals surface area contributed by atoms with Crippen LogP contribution in [0.3, 0.4) is 0 Å². The highest BCUT2D eigenvalue weighted by Gasteiger charge is 2.33. The standard InChI is InChI=1S/C8H16N2O4S/c1-6(2)10(5-8(11)12)15(13,14)9-7-3-4-7/h6-7,9H,3-5H2,1-2H3,(H,11,12). The molecule has 0 heterocycles. The summed E-state index contributed by atoms with van der Waals surface area (Å²) in [6.07, 6.45) is 1.66. The highest BCUT2D eigenvalue weighted by molar-refractivity contribution is 7.87. The number of nitrogens with one attached hydrogen (secondary N) is 1. The van der Waals surface area contributed by atoms with Crippen LogP contribution in [0.25, 0.3) is 0 Å². The molecule has 0 atom stereocenters. The smallest absolute Gasteiger partial charge is 0.318 e. The van der Waals surface area contributed by atoms with Crippen LogP contribution in [0, 0.1) is 0 Å². The second kappa shape index (κ2) is 4.46. The summed E-state index contributed by atoms with van der Waals surface area (Å²) in [5.74, 6) is -1.15. The van der Waals surface area contributed by atoms with E-state index < -0.39 is 22.7 Å². The van der Waals surface area contributed by atoms with Crippen molar-refractivity contribution in [3.05, 3.63) is 0 Å². The fourth-order valence-electron chi connectivity index (χ4n) is 1.16. The van der Waals surface area contributed by atoms with E-state index in [1.54, 1.807) is 13.8 Å². The van der Waals surface area contributed by atoms with Crippen LogP contribution in [0.4, 0.5) is 0 Å². The Kier molecular flexibility index (Phi) is 3.69. The topological polar surface area (TPSA) is 86.7 Å². The lowest BCUT2D eigenvalue weighted by atomic mass is 10.4. The molecular weight excluding hydrogens is 220 g/mol. The minimum absolute atomic E-state index is 0.00922. The maximum atomic E-state index is 11.7. The van der Waals surface area contributed by atoms with Gasteiger partial charge in [-0.25, -0.2) is 0 Å². The highest BCUT2D eigenvalue weighted by atomic mass is 32.2. The van der Waals surface area contributed by atoms with E-state index in [1.165, 1.54) is 0 Å². The molecule has 0 saturated heterocycles. The summed E-state index contributed by atoms with van der Waals surface area (Å²) >= 11 is 0. The zero-order valence-corrected chi connectivity index (χ0v) is 9.62. The Balaban J connectivity index is 2.71. The van der Waals surface area contributed by atoms with Gasteiger partial charge in [-0.1, -0.05) is 0 Å². The lowest BCUT2D eigenvalue weighted by Crippen LogP contribution is -2.47. The van der Waals surface area contributed by atoms with Crippen molar-refractivity contribution in [1.29, 1.82) is 0 Å². The molecule has 0 aromatic rings. The van der Waals surface area contributed by atoms with Gasteiger partial charge in [-0.15, -0.1) is 0 Å². The van der Waals surface area contributed by atoms with Crippen LogP contribution < -0.4 is 4.72 Å². The van der Waals surface area contributed by atoms with Crippen molar-refractivity contribution in [3.8, 4) is 0 Å². The van der Waals surface area contributed by atoms with E-state index in [9.17, 15) is 13.2 Å². The van der Waals surface area contributed by atoms with Crippen LogP contribution in [0.5, 0.6) is 0 Å². The van der Waals surface area contributed by atoms with Gasteiger partial charge >= 0.3 is 5.97 Å². The molecule has 0 bridgehead atoms. The maximum Gasteiger partial charge on any atom is 0.318 e. The number of hydrogen-bond donors (Lipinski definition) is 2. The molecule has 0 aromatic heterocycles. The van der Waals surface area contributed by atoms with Crippen LogP contribution in [0.15, 0.2) is 0 Å². The first-order chi connectivity index (χ1) is 6.83. The molecule has 7 heteroatoms. The predicted molar refractivity (Wildman–Crippen MR) is 54.6 cm³/mol. The van der Waals surface area contributed by atoms with Crippen molar-refractivity contribution >= 4 is 16.2 Å². The minimum Gasteiger partial charge on any atom is -0.480 e. The first kappa shape index (κ1) is 12.4. The van der Waals surface area contributed by atoms with Crippen molar-refractivity contribution in [1.82, 2.24) is 9.03 Å². The van der Waals surface area contributed by atoms with Gasteiger partial charge in [-0.05, 0) is 26.7 Å². The number of carbonyl (C=O) groups is 1. The van der Waals surface area contributed by atoms with Gasteiger partial charge in [0.2, 0.25) is 0 Å². The summed E-state index contributed by atoms with van der Waals surface area (Å²) in [7, 11) is -3.65. The molecule has 0 amide bonds. The van der Waals surface area contributed by atoms with E-state index in [1.807, 2.05) is 0 Å². The van der Waals surface area contributed by atoms with Crippen LogP contribution >= 0.6 is 0 Å². The average Bonchev–Trinajstić information content (AvgIpc) is 2.82. The van der Waals surface area contributed by atoms with Gasteiger partial charge in [-0.2, -0.15) is 17.4 Å². The Morgan fingerprint density at radius 3 is 2.40 bits per heavy atom. The van der Waals surface area contributed by atoms with Crippen LogP contribution in [0.2, 0.25) is 0 Å². The normalized spacial score (nSPS) is 17.3. The third-order valence-corrected chi connectivity index (χ3v) is 3.87. The Morgan fingerprint density at radius 2 is 2.07 bits per heavy atom. The number of carboxylic acid groups (broad SMARTS) is 1. The number of carboxylic acids is 1. The molecule has 2 N–H and O–H groups in total. The van der Waals surface area contributed by atoms with Gasteiger partial charge in [0.25, 0.3) is 10.2 Å². The highest BCUT2D eigenvalue weighted by Crippen LogP contribution is 2.21. The third kappa shape index (κ3) is 3.77.